The molecule has 1 unspecified atom stereocenters. The van der Waals surface area contributed by atoms with Crippen LogP contribution in [-0.4, -0.2) is 29.2 Å². The molecule has 0 aliphatic rings. The van der Waals surface area contributed by atoms with Crippen LogP contribution in [0.2, 0.25) is 0 Å². The first-order chi connectivity index (χ1) is 8.36. The molecule has 106 valence electrons. The van der Waals surface area contributed by atoms with Gasteiger partial charge in [-0.25, -0.2) is 9.59 Å². The van der Waals surface area contributed by atoms with E-state index in [0.29, 0.717) is 12.3 Å². The largest absolute Gasteiger partial charge is 0.480 e. The maximum Gasteiger partial charge on any atom is 0.326 e. The van der Waals surface area contributed by atoms with Crippen molar-refractivity contribution in [3.63, 3.8) is 0 Å². The summed E-state index contributed by atoms with van der Waals surface area (Å²) in [6, 6.07) is -1.15. The van der Waals surface area contributed by atoms with Crippen LogP contribution >= 0.6 is 0 Å². The maximum absolute atomic E-state index is 11.5. The van der Waals surface area contributed by atoms with Gasteiger partial charge in [0.25, 0.3) is 0 Å². The second-order valence-corrected chi connectivity index (χ2v) is 5.14. The van der Waals surface area contributed by atoms with Crippen molar-refractivity contribution in [1.29, 1.82) is 0 Å². The van der Waals surface area contributed by atoms with Crippen molar-refractivity contribution in [2.45, 2.75) is 65.5 Å². The summed E-state index contributed by atoms with van der Waals surface area (Å²) in [5.41, 5.74) is 0. The van der Waals surface area contributed by atoms with E-state index in [1.54, 1.807) is 6.92 Å². The third-order valence-electron chi connectivity index (χ3n) is 2.81. The summed E-state index contributed by atoms with van der Waals surface area (Å²) >= 11 is 0. The summed E-state index contributed by atoms with van der Waals surface area (Å²) in [6.45, 7) is 8.00. The van der Waals surface area contributed by atoms with Crippen LogP contribution < -0.4 is 10.6 Å². The average Bonchev–Trinajstić information content (AvgIpc) is 2.24. The van der Waals surface area contributed by atoms with E-state index in [9.17, 15) is 9.59 Å². The Kier molecular flexibility index (Phi) is 8.16. The highest BCUT2D eigenvalue weighted by molar-refractivity contribution is 5.82. The van der Waals surface area contributed by atoms with Gasteiger partial charge < -0.3 is 15.7 Å². The minimum absolute atomic E-state index is 0.0649. The van der Waals surface area contributed by atoms with E-state index in [-0.39, 0.29) is 6.04 Å². The molecule has 0 aromatic rings. The highest BCUT2D eigenvalue weighted by Crippen LogP contribution is 2.08. The van der Waals surface area contributed by atoms with E-state index in [4.69, 9.17) is 5.11 Å². The van der Waals surface area contributed by atoms with Crippen LogP contribution in [0.25, 0.3) is 0 Å². The third kappa shape index (κ3) is 7.92. The smallest absolute Gasteiger partial charge is 0.326 e. The molecule has 2 atom stereocenters. The molecule has 0 heterocycles. The molecular weight excluding hydrogens is 232 g/mol. The molecule has 0 aliphatic heterocycles. The number of hydrogen-bond donors (Lipinski definition) is 3. The molecule has 0 saturated carbocycles. The number of carbonyl (C=O) groups is 2. The van der Waals surface area contributed by atoms with Crippen LogP contribution in [0.3, 0.4) is 0 Å². The van der Waals surface area contributed by atoms with Gasteiger partial charge in [0.2, 0.25) is 0 Å². The van der Waals surface area contributed by atoms with Gasteiger partial charge >= 0.3 is 12.0 Å². The number of amides is 2. The molecule has 5 heteroatoms. The standard InChI is InChI=1S/C13H26N2O3/c1-5-11(12(16)17)15-13(18)14-10(4)8-6-7-9(2)3/h9-11H,5-8H2,1-4H3,(H,16,17)(H2,14,15,18)/t10?,11-/m1/s1. The Labute approximate surface area is 109 Å². The molecule has 2 amide bonds. The number of urea groups is 1. The van der Waals surface area contributed by atoms with Crippen molar-refractivity contribution in [3.05, 3.63) is 0 Å². The van der Waals surface area contributed by atoms with Gasteiger partial charge in [-0.15, -0.1) is 0 Å². The number of carboxylic acid groups (broad SMARTS) is 1. The van der Waals surface area contributed by atoms with Crippen molar-refractivity contribution in [2.24, 2.45) is 5.92 Å². The van der Waals surface area contributed by atoms with Gasteiger partial charge in [-0.1, -0.05) is 33.6 Å². The third-order valence-corrected chi connectivity index (χ3v) is 2.81. The Morgan fingerprint density at radius 2 is 1.72 bits per heavy atom. The number of carboxylic acids is 1. The van der Waals surface area contributed by atoms with E-state index in [1.165, 1.54) is 0 Å². The normalized spacial score (nSPS) is 14.1. The quantitative estimate of drug-likeness (QED) is 0.625. The van der Waals surface area contributed by atoms with Crippen molar-refractivity contribution in [1.82, 2.24) is 10.6 Å². The first-order valence-corrected chi connectivity index (χ1v) is 6.66. The Morgan fingerprint density at radius 1 is 1.11 bits per heavy atom. The topological polar surface area (TPSA) is 78.4 Å². The van der Waals surface area contributed by atoms with Gasteiger partial charge in [0.1, 0.15) is 6.04 Å². The van der Waals surface area contributed by atoms with Gasteiger partial charge in [0.15, 0.2) is 0 Å². The fourth-order valence-electron chi connectivity index (χ4n) is 1.67. The summed E-state index contributed by atoms with van der Waals surface area (Å²) in [6.07, 6.45) is 3.50. The Bertz CT molecular complexity index is 267. The van der Waals surface area contributed by atoms with Gasteiger partial charge in [-0.2, -0.15) is 0 Å². The zero-order valence-corrected chi connectivity index (χ0v) is 11.8. The lowest BCUT2D eigenvalue weighted by atomic mass is 10.0. The predicted octanol–water partition coefficient (Wildman–Crippen LogP) is 2.36. The SMILES string of the molecule is CC[C@@H](NC(=O)NC(C)CCCC(C)C)C(=O)O. The van der Waals surface area contributed by atoms with Gasteiger partial charge in [0, 0.05) is 6.04 Å². The summed E-state index contributed by atoms with van der Waals surface area (Å²) in [7, 11) is 0. The molecule has 0 bridgehead atoms. The van der Waals surface area contributed by atoms with Crippen molar-refractivity contribution in [3.8, 4) is 0 Å². The highest BCUT2D eigenvalue weighted by atomic mass is 16.4. The maximum atomic E-state index is 11.5. The summed E-state index contributed by atoms with van der Waals surface area (Å²) in [4.78, 5) is 22.3. The lowest BCUT2D eigenvalue weighted by Crippen LogP contribution is -2.48. The zero-order chi connectivity index (χ0) is 14.1. The minimum atomic E-state index is -1.000. The highest BCUT2D eigenvalue weighted by Gasteiger charge is 2.18. The second kappa shape index (κ2) is 8.78. The Morgan fingerprint density at radius 3 is 2.17 bits per heavy atom. The first kappa shape index (κ1) is 16.7. The van der Waals surface area contributed by atoms with Crippen molar-refractivity contribution < 1.29 is 14.7 Å². The predicted molar refractivity (Wildman–Crippen MR) is 71.5 cm³/mol. The number of hydrogen-bond acceptors (Lipinski definition) is 2. The monoisotopic (exact) mass is 258 g/mol. The summed E-state index contributed by atoms with van der Waals surface area (Å²) in [5.74, 6) is -0.331. The summed E-state index contributed by atoms with van der Waals surface area (Å²) in [5, 5.41) is 14.0. The lowest BCUT2D eigenvalue weighted by molar-refractivity contribution is -0.139. The van der Waals surface area contributed by atoms with Crippen LogP contribution in [0, 0.1) is 5.92 Å². The van der Waals surface area contributed by atoms with Crippen LogP contribution in [0.4, 0.5) is 4.79 Å². The molecule has 0 saturated heterocycles. The number of rotatable bonds is 8. The minimum Gasteiger partial charge on any atom is -0.480 e. The lowest BCUT2D eigenvalue weighted by Gasteiger charge is -2.17. The van der Waals surface area contributed by atoms with Gasteiger partial charge in [-0.3, -0.25) is 0 Å². The number of nitrogens with one attached hydrogen (secondary N) is 2. The van der Waals surface area contributed by atoms with Crippen LogP contribution in [0.5, 0.6) is 0 Å². The molecule has 0 aromatic carbocycles. The van der Waals surface area contributed by atoms with E-state index >= 15 is 0 Å². The Hall–Kier alpha value is -1.26. The van der Waals surface area contributed by atoms with Crippen molar-refractivity contribution in [2.75, 3.05) is 0 Å². The fraction of sp³-hybridized carbons (Fsp3) is 0.846. The Balaban J connectivity index is 3.89. The number of carbonyl (C=O) groups excluding carboxylic acids is 1. The van der Waals surface area contributed by atoms with E-state index in [2.05, 4.69) is 24.5 Å². The van der Waals surface area contributed by atoms with Crippen molar-refractivity contribution >= 4 is 12.0 Å². The average molecular weight is 258 g/mol. The van der Waals surface area contributed by atoms with E-state index < -0.39 is 18.0 Å². The molecule has 0 spiro atoms. The second-order valence-electron chi connectivity index (χ2n) is 5.14. The van der Waals surface area contributed by atoms with Gasteiger partial charge in [-0.05, 0) is 25.7 Å². The molecule has 0 rings (SSSR count). The molecule has 0 radical (unpaired) electrons. The molecule has 0 fully saturated rings. The number of aliphatic carboxylic acids is 1. The van der Waals surface area contributed by atoms with E-state index in [1.807, 2.05) is 6.92 Å². The molecular formula is C13H26N2O3. The van der Waals surface area contributed by atoms with Gasteiger partial charge in [0.05, 0.1) is 0 Å². The van der Waals surface area contributed by atoms with Crippen LogP contribution in [-0.2, 0) is 4.79 Å². The molecule has 5 nitrogen and oxygen atoms in total. The first-order valence-electron chi connectivity index (χ1n) is 6.66. The van der Waals surface area contributed by atoms with Crippen LogP contribution in [0.15, 0.2) is 0 Å². The molecule has 3 N–H and O–H groups in total. The van der Waals surface area contributed by atoms with E-state index in [0.717, 1.165) is 19.3 Å². The summed E-state index contributed by atoms with van der Waals surface area (Å²) < 4.78 is 0. The fourth-order valence-corrected chi connectivity index (χ4v) is 1.67. The molecule has 0 aromatic heterocycles. The van der Waals surface area contributed by atoms with Crippen LogP contribution in [0.1, 0.15) is 53.4 Å². The molecule has 18 heavy (non-hydrogen) atoms. The molecule has 0 aliphatic carbocycles. The zero-order valence-electron chi connectivity index (χ0n) is 11.8.